The van der Waals surface area contributed by atoms with Gasteiger partial charge >= 0.3 is 5.69 Å². The van der Waals surface area contributed by atoms with Crippen LogP contribution in [0.3, 0.4) is 0 Å². The summed E-state index contributed by atoms with van der Waals surface area (Å²) in [6, 6.07) is 15.5. The molecule has 0 aliphatic rings. The second kappa shape index (κ2) is 8.53. The van der Waals surface area contributed by atoms with E-state index in [2.05, 4.69) is 10.4 Å². The Bertz CT molecular complexity index is 889. The van der Waals surface area contributed by atoms with E-state index in [9.17, 15) is 9.59 Å². The number of thioether (sulfide) groups is 1. The highest BCUT2D eigenvalue weighted by Gasteiger charge is 2.06. The first kappa shape index (κ1) is 17.3. The highest BCUT2D eigenvalue weighted by molar-refractivity contribution is 7.99. The minimum Gasteiger partial charge on any atom is -0.356 e. The number of hydrogen-bond donors (Lipinski definition) is 1. The number of aromatic nitrogens is 3. The van der Waals surface area contributed by atoms with Crippen molar-refractivity contribution in [2.24, 2.45) is 0 Å². The molecule has 0 aliphatic carbocycles. The van der Waals surface area contributed by atoms with Gasteiger partial charge in [0.2, 0.25) is 5.91 Å². The SMILES string of the molecule is O=C(CCSc1ccccc1)NCCCn1nc2ccccn2c1=O. The van der Waals surface area contributed by atoms with Crippen molar-refractivity contribution in [3.8, 4) is 0 Å². The summed E-state index contributed by atoms with van der Waals surface area (Å²) in [5.74, 6) is 0.785. The molecule has 6 nitrogen and oxygen atoms in total. The standard InChI is InChI=1S/C18H20N4O2S/c23-17(10-14-25-15-7-2-1-3-8-15)19-11-6-13-22-18(24)21-12-5-4-9-16(21)20-22/h1-5,7-9,12H,6,10-11,13-14H2,(H,19,23). The average molecular weight is 356 g/mol. The Kier molecular flexibility index (Phi) is 5.90. The molecule has 0 spiro atoms. The van der Waals surface area contributed by atoms with Crippen molar-refractivity contribution in [1.82, 2.24) is 19.5 Å². The molecule has 1 amide bonds. The summed E-state index contributed by atoms with van der Waals surface area (Å²) >= 11 is 1.67. The Balaban J connectivity index is 1.37. The summed E-state index contributed by atoms with van der Waals surface area (Å²) in [4.78, 5) is 25.1. The highest BCUT2D eigenvalue weighted by Crippen LogP contribution is 2.17. The van der Waals surface area contributed by atoms with E-state index in [1.54, 1.807) is 30.1 Å². The molecule has 7 heteroatoms. The molecule has 25 heavy (non-hydrogen) atoms. The topological polar surface area (TPSA) is 68.4 Å². The summed E-state index contributed by atoms with van der Waals surface area (Å²) in [5.41, 5.74) is 0.482. The van der Waals surface area contributed by atoms with Crippen LogP contribution in [0.15, 0.2) is 64.4 Å². The zero-order valence-corrected chi connectivity index (χ0v) is 14.6. The number of benzene rings is 1. The maximum absolute atomic E-state index is 12.1. The molecule has 1 N–H and O–H groups in total. The van der Waals surface area contributed by atoms with Crippen LogP contribution in [0.1, 0.15) is 12.8 Å². The van der Waals surface area contributed by atoms with Crippen molar-refractivity contribution in [1.29, 1.82) is 0 Å². The number of carbonyl (C=O) groups excluding carboxylic acids is 1. The summed E-state index contributed by atoms with van der Waals surface area (Å²) in [7, 11) is 0. The number of fused-ring (bicyclic) bond motifs is 1. The van der Waals surface area contributed by atoms with Gasteiger partial charge in [-0.2, -0.15) is 0 Å². The minimum absolute atomic E-state index is 0.0331. The molecule has 0 aliphatic heterocycles. The maximum atomic E-state index is 12.1. The van der Waals surface area contributed by atoms with E-state index >= 15 is 0 Å². The second-order valence-electron chi connectivity index (χ2n) is 5.55. The molecular formula is C18H20N4O2S. The Morgan fingerprint density at radius 2 is 1.92 bits per heavy atom. The van der Waals surface area contributed by atoms with Gasteiger partial charge in [-0.3, -0.25) is 9.20 Å². The normalized spacial score (nSPS) is 10.9. The molecule has 0 radical (unpaired) electrons. The average Bonchev–Trinajstić information content (AvgIpc) is 2.96. The number of nitrogens with zero attached hydrogens (tertiary/aromatic N) is 3. The fourth-order valence-corrected chi connectivity index (χ4v) is 3.31. The van der Waals surface area contributed by atoms with Gasteiger partial charge in [0.15, 0.2) is 5.65 Å². The number of carbonyl (C=O) groups is 1. The predicted molar refractivity (Wildman–Crippen MR) is 98.9 cm³/mol. The molecule has 1 aromatic carbocycles. The van der Waals surface area contributed by atoms with Crippen LogP contribution in [0.5, 0.6) is 0 Å². The van der Waals surface area contributed by atoms with Crippen LogP contribution in [0.25, 0.3) is 5.65 Å². The number of amides is 1. The van der Waals surface area contributed by atoms with Gasteiger partial charge < -0.3 is 5.32 Å². The molecule has 0 saturated carbocycles. The molecule has 0 bridgehead atoms. The quantitative estimate of drug-likeness (QED) is 0.496. The van der Waals surface area contributed by atoms with E-state index in [4.69, 9.17) is 0 Å². The fraction of sp³-hybridized carbons (Fsp3) is 0.278. The summed E-state index contributed by atoms with van der Waals surface area (Å²) in [6.07, 6.45) is 2.85. The number of nitrogens with one attached hydrogen (secondary N) is 1. The molecule has 2 aromatic heterocycles. The molecule has 2 heterocycles. The second-order valence-corrected chi connectivity index (χ2v) is 6.72. The van der Waals surface area contributed by atoms with E-state index in [-0.39, 0.29) is 11.6 Å². The molecule has 130 valence electrons. The highest BCUT2D eigenvalue weighted by atomic mass is 32.2. The van der Waals surface area contributed by atoms with Crippen molar-refractivity contribution >= 4 is 23.3 Å². The molecule has 3 aromatic rings. The minimum atomic E-state index is -0.152. The molecule has 0 unspecified atom stereocenters. The van der Waals surface area contributed by atoms with E-state index in [0.717, 1.165) is 5.75 Å². The van der Waals surface area contributed by atoms with Crippen LogP contribution in [0, 0.1) is 0 Å². The summed E-state index contributed by atoms with van der Waals surface area (Å²) in [5, 5.41) is 7.15. The Morgan fingerprint density at radius 1 is 1.12 bits per heavy atom. The van der Waals surface area contributed by atoms with E-state index in [1.807, 2.05) is 36.4 Å². The lowest BCUT2D eigenvalue weighted by atomic mass is 10.4. The van der Waals surface area contributed by atoms with Crippen LogP contribution in [-0.4, -0.2) is 32.4 Å². The Labute approximate surface area is 149 Å². The van der Waals surface area contributed by atoms with Gasteiger partial charge in [-0.25, -0.2) is 9.48 Å². The molecule has 0 atom stereocenters. The Hall–Kier alpha value is -2.54. The fourth-order valence-electron chi connectivity index (χ4n) is 2.44. The number of aryl methyl sites for hydroxylation is 1. The maximum Gasteiger partial charge on any atom is 0.350 e. The van der Waals surface area contributed by atoms with Gasteiger partial charge in [-0.05, 0) is 30.7 Å². The van der Waals surface area contributed by atoms with Crippen LogP contribution < -0.4 is 11.0 Å². The van der Waals surface area contributed by atoms with Gasteiger partial charge in [0.1, 0.15) is 0 Å². The molecular weight excluding hydrogens is 336 g/mol. The van der Waals surface area contributed by atoms with E-state index in [0.29, 0.717) is 31.6 Å². The lowest BCUT2D eigenvalue weighted by Crippen LogP contribution is -2.27. The smallest absolute Gasteiger partial charge is 0.350 e. The molecule has 0 saturated heterocycles. The summed E-state index contributed by atoms with van der Waals surface area (Å²) < 4.78 is 2.95. The van der Waals surface area contributed by atoms with Crippen LogP contribution in [0.2, 0.25) is 0 Å². The van der Waals surface area contributed by atoms with Crippen molar-refractivity contribution in [2.45, 2.75) is 24.3 Å². The monoisotopic (exact) mass is 356 g/mol. The van der Waals surface area contributed by atoms with Crippen molar-refractivity contribution in [3.05, 3.63) is 65.2 Å². The van der Waals surface area contributed by atoms with Gasteiger partial charge in [0.25, 0.3) is 0 Å². The predicted octanol–water partition coefficient (Wildman–Crippen LogP) is 2.18. The Morgan fingerprint density at radius 3 is 2.72 bits per heavy atom. The molecule has 0 fully saturated rings. The third kappa shape index (κ3) is 4.73. The van der Waals surface area contributed by atoms with Crippen molar-refractivity contribution in [2.75, 3.05) is 12.3 Å². The van der Waals surface area contributed by atoms with Gasteiger partial charge in [0.05, 0.1) is 0 Å². The third-order valence-corrected chi connectivity index (χ3v) is 4.71. The largest absolute Gasteiger partial charge is 0.356 e. The van der Waals surface area contributed by atoms with Gasteiger partial charge in [-0.15, -0.1) is 16.9 Å². The first-order valence-electron chi connectivity index (χ1n) is 8.23. The number of hydrogen-bond acceptors (Lipinski definition) is 4. The van der Waals surface area contributed by atoms with E-state index in [1.165, 1.54) is 14.0 Å². The van der Waals surface area contributed by atoms with E-state index < -0.39 is 0 Å². The third-order valence-electron chi connectivity index (χ3n) is 3.70. The zero-order valence-electron chi connectivity index (χ0n) is 13.8. The van der Waals surface area contributed by atoms with Crippen molar-refractivity contribution in [3.63, 3.8) is 0 Å². The summed E-state index contributed by atoms with van der Waals surface area (Å²) in [6.45, 7) is 1.02. The van der Waals surface area contributed by atoms with Crippen LogP contribution >= 0.6 is 11.8 Å². The number of pyridine rings is 1. The molecule has 3 rings (SSSR count). The first-order valence-corrected chi connectivity index (χ1v) is 9.21. The number of rotatable bonds is 8. The first-order chi connectivity index (χ1) is 12.2. The van der Waals surface area contributed by atoms with Gasteiger partial charge in [-0.1, -0.05) is 24.3 Å². The van der Waals surface area contributed by atoms with Crippen LogP contribution in [0.4, 0.5) is 0 Å². The zero-order chi connectivity index (χ0) is 17.5. The lowest BCUT2D eigenvalue weighted by molar-refractivity contribution is -0.120. The van der Waals surface area contributed by atoms with Gasteiger partial charge in [0, 0.05) is 36.4 Å². The lowest BCUT2D eigenvalue weighted by Gasteiger charge is -2.05. The van der Waals surface area contributed by atoms with Crippen LogP contribution in [-0.2, 0) is 11.3 Å². The van der Waals surface area contributed by atoms with Crippen molar-refractivity contribution < 1.29 is 4.79 Å².